The summed E-state index contributed by atoms with van der Waals surface area (Å²) in [6.45, 7) is 14.3. The molecule has 8 atom stereocenters. The van der Waals surface area contributed by atoms with E-state index in [0.717, 1.165) is 5.56 Å². The molecule has 1 aliphatic heterocycles. The number of carbonyl (C=O) groups is 6. The van der Waals surface area contributed by atoms with Gasteiger partial charge in [-0.3, -0.25) is 28.9 Å². The van der Waals surface area contributed by atoms with Crippen LogP contribution in [0.2, 0.25) is 0 Å². The van der Waals surface area contributed by atoms with Crippen molar-refractivity contribution in [2.24, 2.45) is 23.7 Å². The van der Waals surface area contributed by atoms with Gasteiger partial charge in [-0.15, -0.1) is 0 Å². The number of rotatable bonds is 25. The van der Waals surface area contributed by atoms with E-state index in [-0.39, 0.29) is 31.1 Å². The summed E-state index contributed by atoms with van der Waals surface area (Å²) in [4.78, 5) is 93.9. The Morgan fingerprint density at radius 2 is 1.54 bits per heavy atom. The highest BCUT2D eigenvalue weighted by Crippen LogP contribution is 2.25. The van der Waals surface area contributed by atoms with E-state index in [0.29, 0.717) is 37.9 Å². The first-order valence-corrected chi connectivity index (χ1v) is 23.5. The lowest BCUT2D eigenvalue weighted by Crippen LogP contribution is -2.62. The van der Waals surface area contributed by atoms with Crippen molar-refractivity contribution < 1.29 is 53.9 Å². The van der Waals surface area contributed by atoms with Crippen LogP contribution in [0, 0.1) is 23.7 Å². The largest absolute Gasteiger partial charge is 0.444 e. The average Bonchev–Trinajstić information content (AvgIpc) is 4.00. The number of aromatic amines is 1. The Morgan fingerprint density at radius 1 is 0.896 bits per heavy atom. The molecule has 376 valence electrons. The molecule has 19 heteroatoms. The van der Waals surface area contributed by atoms with Gasteiger partial charge < -0.3 is 56.3 Å². The Kier molecular flexibility index (Phi) is 21.7. The number of ether oxygens (including phenoxy) is 1. The summed E-state index contributed by atoms with van der Waals surface area (Å²) in [7, 11) is 1.47. The lowest BCUT2D eigenvalue weighted by molar-refractivity contribution is -0.143. The number of hydrogen-bond acceptors (Lipinski definition) is 12. The Hall–Kier alpha value is -5.11. The number of aliphatic hydroxyl groups is 4. The molecule has 1 aromatic carbocycles. The molecule has 2 aromatic rings. The molecule has 9 N–H and O–H groups in total. The van der Waals surface area contributed by atoms with Gasteiger partial charge in [-0.2, -0.15) is 0 Å². The number of likely N-dealkylation sites (N-methyl/N-ethyl adjacent to an activating group) is 1. The summed E-state index contributed by atoms with van der Waals surface area (Å²) in [5.74, 6) is -4.59. The summed E-state index contributed by atoms with van der Waals surface area (Å²) in [5, 5.41) is 52.7. The first-order valence-electron chi connectivity index (χ1n) is 23.5. The van der Waals surface area contributed by atoms with Gasteiger partial charge in [0.15, 0.2) is 0 Å². The van der Waals surface area contributed by atoms with Crippen LogP contribution in [0.5, 0.6) is 0 Å². The third kappa shape index (κ3) is 16.6. The van der Waals surface area contributed by atoms with E-state index in [1.165, 1.54) is 29.4 Å². The van der Waals surface area contributed by atoms with E-state index in [1.807, 2.05) is 51.1 Å². The van der Waals surface area contributed by atoms with Crippen molar-refractivity contribution in [1.29, 1.82) is 0 Å². The molecule has 0 saturated carbocycles. The van der Waals surface area contributed by atoms with Gasteiger partial charge in [0, 0.05) is 44.2 Å². The molecule has 1 saturated heterocycles. The molecule has 67 heavy (non-hydrogen) atoms. The van der Waals surface area contributed by atoms with Crippen molar-refractivity contribution in [2.75, 3.05) is 33.4 Å². The minimum absolute atomic E-state index is 0.0141. The number of hydrogen-bond donors (Lipinski definition) is 9. The number of benzene rings is 1. The number of imidazole rings is 1. The predicted octanol–water partition coefficient (Wildman–Crippen LogP) is 1.82. The summed E-state index contributed by atoms with van der Waals surface area (Å²) in [6.07, 6.45) is 2.71. The number of nitrogens with one attached hydrogen (secondary N) is 5. The molecular weight excluding hydrogens is 865 g/mol. The van der Waals surface area contributed by atoms with Crippen molar-refractivity contribution in [1.82, 2.24) is 41.0 Å². The van der Waals surface area contributed by atoms with Crippen LogP contribution in [0.1, 0.15) is 106 Å². The highest BCUT2D eigenvalue weighted by molar-refractivity contribution is 5.94. The zero-order chi connectivity index (χ0) is 50.2. The molecule has 19 nitrogen and oxygen atoms in total. The number of aromatic nitrogens is 2. The van der Waals surface area contributed by atoms with Gasteiger partial charge in [0.2, 0.25) is 29.5 Å². The van der Waals surface area contributed by atoms with E-state index in [4.69, 9.17) is 4.74 Å². The van der Waals surface area contributed by atoms with Crippen molar-refractivity contribution in [3.05, 3.63) is 54.1 Å². The Labute approximate surface area is 395 Å². The predicted molar refractivity (Wildman–Crippen MR) is 251 cm³/mol. The van der Waals surface area contributed by atoms with Crippen LogP contribution in [0.25, 0.3) is 0 Å². The lowest BCUT2D eigenvalue weighted by Gasteiger charge is -2.35. The first-order chi connectivity index (χ1) is 31.5. The van der Waals surface area contributed by atoms with Crippen molar-refractivity contribution in [2.45, 2.75) is 155 Å². The molecule has 2 heterocycles. The highest BCUT2D eigenvalue weighted by atomic mass is 16.6. The third-order valence-electron chi connectivity index (χ3n) is 12.4. The number of H-pyrrole nitrogens is 1. The zero-order valence-electron chi connectivity index (χ0n) is 41.1. The van der Waals surface area contributed by atoms with Crippen molar-refractivity contribution in [3.8, 4) is 0 Å². The van der Waals surface area contributed by atoms with Crippen LogP contribution in [0.15, 0.2) is 42.9 Å². The average molecular weight is 943 g/mol. The maximum atomic E-state index is 14.7. The van der Waals surface area contributed by atoms with E-state index in [9.17, 15) is 49.2 Å². The number of aliphatic hydroxyl groups excluding tert-OH is 4. The van der Waals surface area contributed by atoms with Crippen LogP contribution < -0.4 is 21.3 Å². The fourth-order valence-corrected chi connectivity index (χ4v) is 8.08. The van der Waals surface area contributed by atoms with Crippen molar-refractivity contribution >= 4 is 35.6 Å². The van der Waals surface area contributed by atoms with Gasteiger partial charge >= 0.3 is 6.09 Å². The Balaban J connectivity index is 1.93. The number of carbonyl (C=O) groups excluding carboxylic acids is 6. The van der Waals surface area contributed by atoms with Gasteiger partial charge in [-0.1, -0.05) is 78.3 Å². The molecule has 1 fully saturated rings. The minimum Gasteiger partial charge on any atom is -0.444 e. The molecule has 1 aromatic heterocycles. The van der Waals surface area contributed by atoms with Crippen LogP contribution in [0.3, 0.4) is 0 Å². The third-order valence-corrected chi connectivity index (χ3v) is 12.4. The van der Waals surface area contributed by atoms with Crippen LogP contribution in [-0.4, -0.2) is 157 Å². The first kappa shape index (κ1) is 56.2. The SMILES string of the molecule is CC[C@@H](C)[C@H](NC(=O)[C@@H](C[C@H](O)[C@H](CC(C)C)NC(=O)[C@H](Cc1cnc[nH]1)N(C)C(=O)[C@H](Cc1ccccc1)NC(=O)[C@@H]1CCCN1C(=O)OC(C)(C)C)C(C)C)C(=O)NC(CO)(CO)CO. The van der Waals surface area contributed by atoms with E-state index < -0.39 is 115 Å². The molecule has 0 bridgehead atoms. The maximum absolute atomic E-state index is 14.7. The topological polar surface area (TPSA) is 276 Å². The standard InChI is InChI=1S/C48H78N8O11/c1-11-31(6)40(44(64)54-48(25-57,26-58)27-59)53-41(61)34(30(4)5)23-39(60)35(20-29(2)3)51-43(63)38(22-33-24-49-28-50-33)55(10)45(65)36(21-32-16-13-12-14-17-32)52-42(62)37-18-15-19-56(37)46(66)67-47(7,8)9/h12-14,16-17,24,28-31,34-40,57-60H,11,15,18-23,25-27H2,1-10H3,(H,49,50)(H,51,63)(H,52,62)(H,53,61)(H,54,64)/t31-,34+,35+,36+,37+,38+,39+,40+/m1/s1. The van der Waals surface area contributed by atoms with Crippen LogP contribution in [0.4, 0.5) is 4.79 Å². The fraction of sp³-hybridized carbons (Fsp3) is 0.688. The van der Waals surface area contributed by atoms with Gasteiger partial charge in [0.1, 0.15) is 35.3 Å². The van der Waals surface area contributed by atoms with Gasteiger partial charge in [0.05, 0.1) is 38.3 Å². The summed E-state index contributed by atoms with van der Waals surface area (Å²) < 4.78 is 5.58. The molecule has 0 unspecified atom stereocenters. The van der Waals surface area contributed by atoms with E-state index in [1.54, 1.807) is 41.5 Å². The lowest BCUT2D eigenvalue weighted by atomic mass is 9.84. The molecule has 1 aliphatic rings. The Morgan fingerprint density at radius 3 is 2.07 bits per heavy atom. The van der Waals surface area contributed by atoms with Gasteiger partial charge in [0.25, 0.3) is 0 Å². The second-order valence-electron chi connectivity index (χ2n) is 19.8. The molecular formula is C48H78N8O11. The molecule has 3 rings (SSSR count). The van der Waals surface area contributed by atoms with Crippen LogP contribution in [-0.2, 0) is 41.6 Å². The quantitative estimate of drug-likeness (QED) is 0.0690. The molecule has 0 radical (unpaired) electrons. The fourth-order valence-electron chi connectivity index (χ4n) is 8.08. The maximum Gasteiger partial charge on any atom is 0.410 e. The van der Waals surface area contributed by atoms with Gasteiger partial charge in [-0.25, -0.2) is 9.78 Å². The minimum atomic E-state index is -1.71. The normalized spacial score (nSPS) is 17.4. The number of amides is 6. The smallest absolute Gasteiger partial charge is 0.410 e. The van der Waals surface area contributed by atoms with E-state index in [2.05, 4.69) is 31.2 Å². The number of likely N-dealkylation sites (tertiary alicyclic amines) is 1. The summed E-state index contributed by atoms with van der Waals surface area (Å²) in [6, 6.07) is 3.86. The second kappa shape index (κ2) is 25.9. The van der Waals surface area contributed by atoms with Gasteiger partial charge in [-0.05, 0) is 69.8 Å². The van der Waals surface area contributed by atoms with E-state index >= 15 is 0 Å². The summed E-state index contributed by atoms with van der Waals surface area (Å²) in [5.41, 5.74) is -1.22. The second-order valence-corrected chi connectivity index (χ2v) is 19.8. The van der Waals surface area contributed by atoms with Crippen LogP contribution >= 0.6 is 0 Å². The Bertz CT molecular complexity index is 1880. The highest BCUT2D eigenvalue weighted by Gasteiger charge is 2.41. The molecule has 0 spiro atoms. The zero-order valence-corrected chi connectivity index (χ0v) is 41.1. The molecule has 6 amide bonds. The monoisotopic (exact) mass is 943 g/mol. The number of nitrogens with zero attached hydrogens (tertiary/aromatic N) is 3. The van der Waals surface area contributed by atoms with Crippen molar-refractivity contribution in [3.63, 3.8) is 0 Å². The summed E-state index contributed by atoms with van der Waals surface area (Å²) >= 11 is 0. The molecule has 0 aliphatic carbocycles.